The Kier molecular flexibility index (Phi) is 5.09. The smallest absolute Gasteiger partial charge is 0.426 e. The van der Waals surface area contributed by atoms with Gasteiger partial charge in [0.25, 0.3) is 0 Å². The fourth-order valence-corrected chi connectivity index (χ4v) is 1.90. The van der Waals surface area contributed by atoms with Gasteiger partial charge in [0.15, 0.2) is 9.84 Å². The van der Waals surface area contributed by atoms with E-state index in [1.807, 2.05) is 0 Å². The Morgan fingerprint density at radius 3 is 2.10 bits per heavy atom. The Labute approximate surface area is 116 Å². The van der Waals surface area contributed by atoms with Gasteiger partial charge in [-0.15, -0.1) is 0 Å². The van der Waals surface area contributed by atoms with Crippen LogP contribution in [0.1, 0.15) is 13.8 Å². The minimum absolute atomic E-state index is 0.103. The van der Waals surface area contributed by atoms with E-state index in [-0.39, 0.29) is 10.6 Å². The molecule has 0 radical (unpaired) electrons. The maximum Gasteiger partial charge on any atom is 0.516 e. The normalized spacial score (nSPS) is 12.3. The highest BCUT2D eigenvalue weighted by Gasteiger charge is 2.14. The molecule has 7 nitrogen and oxygen atoms in total. The molecule has 0 heterocycles. The Balaban J connectivity index is 2.61. The number of sulfone groups is 1. The average molecular weight is 302 g/mol. The molecule has 0 spiro atoms. The zero-order valence-electron chi connectivity index (χ0n) is 11.2. The molecule has 0 N–H and O–H groups in total. The summed E-state index contributed by atoms with van der Waals surface area (Å²) in [4.78, 5) is 22.0. The van der Waals surface area contributed by atoms with E-state index in [1.54, 1.807) is 0 Å². The molecule has 0 amide bonds. The van der Waals surface area contributed by atoms with E-state index >= 15 is 0 Å². The third-order valence-corrected chi connectivity index (χ3v) is 3.18. The Hall–Kier alpha value is -2.09. The molecule has 0 saturated carbocycles. The van der Waals surface area contributed by atoms with Crippen LogP contribution in [0.15, 0.2) is 29.2 Å². The van der Waals surface area contributed by atoms with Gasteiger partial charge in [0.1, 0.15) is 5.75 Å². The van der Waals surface area contributed by atoms with Gasteiger partial charge in [-0.05, 0) is 24.3 Å². The Morgan fingerprint density at radius 1 is 1.10 bits per heavy atom. The van der Waals surface area contributed by atoms with Crippen molar-refractivity contribution in [3.8, 4) is 5.75 Å². The van der Waals surface area contributed by atoms with Crippen molar-refractivity contribution in [1.82, 2.24) is 0 Å². The minimum Gasteiger partial charge on any atom is -0.426 e. The molecule has 1 aromatic rings. The van der Waals surface area contributed by atoms with E-state index in [4.69, 9.17) is 4.74 Å². The van der Waals surface area contributed by atoms with Crippen LogP contribution in [0.4, 0.5) is 4.79 Å². The first-order valence-corrected chi connectivity index (χ1v) is 7.43. The van der Waals surface area contributed by atoms with Gasteiger partial charge in [0.05, 0.1) is 4.90 Å². The Morgan fingerprint density at radius 2 is 1.65 bits per heavy atom. The molecule has 0 saturated heterocycles. The van der Waals surface area contributed by atoms with Crippen molar-refractivity contribution < 1.29 is 32.2 Å². The number of ether oxygens (including phenoxy) is 3. The van der Waals surface area contributed by atoms with Crippen LogP contribution in [0.2, 0.25) is 0 Å². The SMILES string of the molecule is CC(=O)OC(C)OC(=O)Oc1ccc(S(C)(=O)=O)cc1. The zero-order valence-corrected chi connectivity index (χ0v) is 12.0. The molecular formula is C12H14O7S. The largest absolute Gasteiger partial charge is 0.516 e. The molecule has 110 valence electrons. The summed E-state index contributed by atoms with van der Waals surface area (Å²) in [5.74, 6) is -0.486. The summed E-state index contributed by atoms with van der Waals surface area (Å²) in [5, 5.41) is 0. The van der Waals surface area contributed by atoms with Gasteiger partial charge in [-0.2, -0.15) is 0 Å². The second-order valence-electron chi connectivity index (χ2n) is 3.89. The predicted molar refractivity (Wildman–Crippen MR) is 67.9 cm³/mol. The lowest BCUT2D eigenvalue weighted by Crippen LogP contribution is -2.22. The van der Waals surface area contributed by atoms with Gasteiger partial charge in [-0.3, -0.25) is 4.79 Å². The molecule has 0 fully saturated rings. The van der Waals surface area contributed by atoms with Crippen molar-refractivity contribution in [2.24, 2.45) is 0 Å². The van der Waals surface area contributed by atoms with Crippen LogP contribution < -0.4 is 4.74 Å². The van der Waals surface area contributed by atoms with Gasteiger partial charge in [-0.25, -0.2) is 13.2 Å². The molecule has 20 heavy (non-hydrogen) atoms. The van der Waals surface area contributed by atoms with Crippen LogP contribution in [0, 0.1) is 0 Å². The number of benzene rings is 1. The molecule has 1 unspecified atom stereocenters. The van der Waals surface area contributed by atoms with Crippen molar-refractivity contribution in [2.75, 3.05) is 6.26 Å². The molecule has 0 aromatic heterocycles. The number of carbonyl (C=O) groups excluding carboxylic acids is 2. The van der Waals surface area contributed by atoms with E-state index < -0.39 is 28.3 Å². The molecule has 1 atom stereocenters. The second kappa shape index (κ2) is 6.38. The molecule has 0 aliphatic rings. The number of rotatable bonds is 4. The summed E-state index contributed by atoms with van der Waals surface area (Å²) in [6.07, 6.45) is -1.07. The van der Waals surface area contributed by atoms with Crippen molar-refractivity contribution in [1.29, 1.82) is 0 Å². The highest BCUT2D eigenvalue weighted by Crippen LogP contribution is 2.16. The fourth-order valence-electron chi connectivity index (χ4n) is 1.27. The molecule has 8 heteroatoms. The van der Waals surface area contributed by atoms with Crippen LogP contribution in [0.25, 0.3) is 0 Å². The number of hydrogen-bond donors (Lipinski definition) is 0. The van der Waals surface area contributed by atoms with E-state index in [1.165, 1.54) is 38.1 Å². The lowest BCUT2D eigenvalue weighted by atomic mass is 10.3. The van der Waals surface area contributed by atoms with Gasteiger partial charge in [0.2, 0.25) is 6.29 Å². The minimum atomic E-state index is -3.31. The van der Waals surface area contributed by atoms with Crippen molar-refractivity contribution in [2.45, 2.75) is 25.0 Å². The van der Waals surface area contributed by atoms with Crippen LogP contribution in [-0.4, -0.2) is 33.1 Å². The van der Waals surface area contributed by atoms with Crippen molar-refractivity contribution >= 4 is 22.0 Å². The summed E-state index contributed by atoms with van der Waals surface area (Å²) in [7, 11) is -3.31. The van der Waals surface area contributed by atoms with E-state index in [2.05, 4.69) is 9.47 Å². The second-order valence-corrected chi connectivity index (χ2v) is 5.91. The van der Waals surface area contributed by atoms with Gasteiger partial charge in [-0.1, -0.05) is 0 Å². The molecule has 0 aliphatic heterocycles. The highest BCUT2D eigenvalue weighted by atomic mass is 32.2. The van der Waals surface area contributed by atoms with Gasteiger partial charge in [0, 0.05) is 20.1 Å². The van der Waals surface area contributed by atoms with Crippen LogP contribution in [0.3, 0.4) is 0 Å². The monoisotopic (exact) mass is 302 g/mol. The van der Waals surface area contributed by atoms with Crippen molar-refractivity contribution in [3.63, 3.8) is 0 Å². The van der Waals surface area contributed by atoms with Crippen LogP contribution in [0.5, 0.6) is 5.75 Å². The lowest BCUT2D eigenvalue weighted by Gasteiger charge is -2.12. The first-order valence-electron chi connectivity index (χ1n) is 5.54. The third kappa shape index (κ3) is 5.27. The van der Waals surface area contributed by atoms with Gasteiger partial charge >= 0.3 is 12.1 Å². The van der Waals surface area contributed by atoms with E-state index in [0.29, 0.717) is 0 Å². The standard InChI is InChI=1S/C12H14O7S/c1-8(13)17-9(2)18-12(14)19-10-4-6-11(7-5-10)20(3,15)16/h4-7,9H,1-3H3. The van der Waals surface area contributed by atoms with Gasteiger partial charge < -0.3 is 14.2 Å². The molecule has 0 aliphatic carbocycles. The number of carbonyl (C=O) groups is 2. The third-order valence-electron chi connectivity index (χ3n) is 2.05. The number of hydrogen-bond acceptors (Lipinski definition) is 7. The maximum absolute atomic E-state index is 11.3. The maximum atomic E-state index is 11.3. The predicted octanol–water partition coefficient (Wildman–Crippen LogP) is 1.51. The van der Waals surface area contributed by atoms with Crippen molar-refractivity contribution in [3.05, 3.63) is 24.3 Å². The highest BCUT2D eigenvalue weighted by molar-refractivity contribution is 7.90. The summed E-state index contributed by atoms with van der Waals surface area (Å²) in [6, 6.07) is 5.23. The van der Waals surface area contributed by atoms with E-state index in [0.717, 1.165) is 6.26 Å². The first-order chi connectivity index (χ1) is 9.18. The summed E-state index contributed by atoms with van der Waals surface area (Å²) >= 11 is 0. The molecular weight excluding hydrogens is 288 g/mol. The number of esters is 1. The topological polar surface area (TPSA) is 96.0 Å². The average Bonchev–Trinajstić information content (AvgIpc) is 2.26. The lowest BCUT2D eigenvalue weighted by molar-refractivity contribution is -0.163. The zero-order chi connectivity index (χ0) is 15.3. The summed E-state index contributed by atoms with van der Waals surface area (Å²) in [5.41, 5.74) is 0. The molecule has 1 aromatic carbocycles. The van der Waals surface area contributed by atoms with Crippen LogP contribution in [-0.2, 0) is 24.1 Å². The molecule has 0 bridgehead atoms. The quantitative estimate of drug-likeness (QED) is 0.472. The summed E-state index contributed by atoms with van der Waals surface area (Å²) < 4.78 is 36.5. The molecule has 1 rings (SSSR count). The van der Waals surface area contributed by atoms with Crippen LogP contribution >= 0.6 is 0 Å². The van der Waals surface area contributed by atoms with E-state index in [9.17, 15) is 18.0 Å². The summed E-state index contributed by atoms with van der Waals surface area (Å²) in [6.45, 7) is 2.53. The fraction of sp³-hybridized carbons (Fsp3) is 0.333. The Bertz CT molecular complexity index is 589. The first kappa shape index (κ1) is 16.0.